The Morgan fingerprint density at radius 1 is 1.25 bits per heavy atom. The number of nitrogens with zero attached hydrogens (tertiary/aromatic N) is 4. The second-order valence-corrected chi connectivity index (χ2v) is 7.97. The molecule has 2 amide bonds. The molecule has 9 nitrogen and oxygen atoms in total. The van der Waals surface area contributed by atoms with Gasteiger partial charge in [0.1, 0.15) is 11.8 Å². The molecule has 0 spiro atoms. The van der Waals surface area contributed by atoms with Gasteiger partial charge in [-0.1, -0.05) is 36.4 Å². The molecule has 2 atom stereocenters. The molecular weight excluding hydrogens is 477 g/mol. The van der Waals surface area contributed by atoms with E-state index in [1.807, 2.05) is 19.1 Å². The van der Waals surface area contributed by atoms with Gasteiger partial charge in [0.25, 0.3) is 5.91 Å². The molecule has 1 heterocycles. The second-order valence-electron chi connectivity index (χ2n) is 7.97. The average Bonchev–Trinajstić information content (AvgIpc) is 3.35. The number of aryl methyl sites for hydroxylation is 1. The van der Waals surface area contributed by atoms with Gasteiger partial charge in [-0.15, -0.1) is 0 Å². The molecule has 0 radical (unpaired) electrons. The molecule has 2 aromatic rings. The molecule has 3 rings (SSSR count). The van der Waals surface area contributed by atoms with E-state index in [9.17, 15) is 28.0 Å². The summed E-state index contributed by atoms with van der Waals surface area (Å²) in [5.41, 5.74) is 0.554. The van der Waals surface area contributed by atoms with Crippen LogP contribution < -0.4 is 15.4 Å². The van der Waals surface area contributed by atoms with Gasteiger partial charge in [-0.05, 0) is 35.7 Å². The number of hydrogen-bond acceptors (Lipinski definition) is 7. The van der Waals surface area contributed by atoms with Crippen LogP contribution in [0.15, 0.2) is 52.8 Å². The fraction of sp³-hybridized carbons (Fsp3) is 0.375. The minimum absolute atomic E-state index is 0.00877. The van der Waals surface area contributed by atoms with Gasteiger partial charge >= 0.3 is 6.18 Å². The number of rotatable bonds is 9. The minimum atomic E-state index is -4.60. The highest BCUT2D eigenvalue weighted by Crippen LogP contribution is 2.32. The molecule has 0 saturated heterocycles. The third kappa shape index (κ3) is 6.50. The van der Waals surface area contributed by atoms with Crippen LogP contribution in [0.3, 0.4) is 0 Å². The Morgan fingerprint density at radius 2 is 1.97 bits per heavy atom. The number of halogens is 3. The maximum Gasteiger partial charge on any atom is 0.416 e. The van der Waals surface area contributed by atoms with Crippen LogP contribution in [0.1, 0.15) is 40.0 Å². The fourth-order valence-electron chi connectivity index (χ4n) is 3.51. The summed E-state index contributed by atoms with van der Waals surface area (Å²) in [6.45, 7) is 2.35. The van der Waals surface area contributed by atoms with Crippen molar-refractivity contribution in [1.82, 2.24) is 15.6 Å². The van der Waals surface area contributed by atoms with E-state index in [2.05, 4.69) is 27.0 Å². The van der Waals surface area contributed by atoms with Crippen LogP contribution in [0.2, 0.25) is 0 Å². The van der Waals surface area contributed by atoms with Gasteiger partial charge in [0, 0.05) is 6.54 Å². The molecule has 2 N–H and O–H groups in total. The quantitative estimate of drug-likeness (QED) is 0.545. The molecular formula is C24H25F3N6O3. The van der Waals surface area contributed by atoms with Gasteiger partial charge in [-0.3, -0.25) is 14.6 Å². The summed E-state index contributed by atoms with van der Waals surface area (Å²) in [5, 5.41) is 23.9. The number of ether oxygens (including phenoxy) is 1. The Balaban J connectivity index is 1.51. The van der Waals surface area contributed by atoms with Gasteiger partial charge in [-0.2, -0.15) is 23.5 Å². The summed E-state index contributed by atoms with van der Waals surface area (Å²) < 4.78 is 44.0. The largest absolute Gasteiger partial charge is 0.496 e. The number of amides is 2. The lowest BCUT2D eigenvalue weighted by Crippen LogP contribution is -2.40. The zero-order chi connectivity index (χ0) is 26.3. The van der Waals surface area contributed by atoms with Crippen molar-refractivity contribution in [1.29, 1.82) is 5.26 Å². The molecule has 12 heteroatoms. The van der Waals surface area contributed by atoms with E-state index < -0.39 is 35.6 Å². The monoisotopic (exact) mass is 502 g/mol. The first-order chi connectivity index (χ1) is 17.2. The minimum Gasteiger partial charge on any atom is -0.496 e. The van der Waals surface area contributed by atoms with E-state index >= 15 is 0 Å². The predicted molar refractivity (Wildman–Crippen MR) is 123 cm³/mol. The lowest BCUT2D eigenvalue weighted by Gasteiger charge is -2.17. The second kappa shape index (κ2) is 11.5. The maximum atomic E-state index is 13.0. The highest BCUT2D eigenvalue weighted by atomic mass is 19.4. The molecule has 1 aliphatic heterocycles. The molecule has 2 aromatic carbocycles. The highest BCUT2D eigenvalue weighted by molar-refractivity contribution is 5.97. The Kier molecular flexibility index (Phi) is 8.47. The number of nitrogens with one attached hydrogen (secondary N) is 2. The summed E-state index contributed by atoms with van der Waals surface area (Å²) in [4.78, 5) is 25.0. The molecule has 2 unspecified atom stereocenters. The standard InChI is InChI=1S/C24H25F3N6O3/c1-3-15-4-6-16(7-5-15)19(13-28)30-23(35)20-14-33(32-31-20)11-10-29-22(34)18-12-17(24(25,26)27)8-9-21(18)36-2/h4-9,12,19-20H,3,10-11,14H2,1-2H3,(H,29,34)(H,30,35). The van der Waals surface area contributed by atoms with Crippen LogP contribution in [0.25, 0.3) is 0 Å². The van der Waals surface area contributed by atoms with Gasteiger partial charge < -0.3 is 15.4 Å². The van der Waals surface area contributed by atoms with Crippen molar-refractivity contribution < 1.29 is 27.5 Å². The summed E-state index contributed by atoms with van der Waals surface area (Å²) in [5.74, 6) is -1.20. The summed E-state index contributed by atoms with van der Waals surface area (Å²) in [6.07, 6.45) is -3.74. The van der Waals surface area contributed by atoms with Crippen LogP contribution >= 0.6 is 0 Å². The number of hydrogen-bond donors (Lipinski definition) is 2. The molecule has 36 heavy (non-hydrogen) atoms. The van der Waals surface area contributed by atoms with Crippen molar-refractivity contribution in [3.05, 3.63) is 64.7 Å². The van der Waals surface area contributed by atoms with E-state index in [1.54, 1.807) is 12.1 Å². The Labute approximate surface area is 205 Å². The van der Waals surface area contributed by atoms with Crippen LogP contribution in [0.4, 0.5) is 13.2 Å². The Hall–Kier alpha value is -4.14. The van der Waals surface area contributed by atoms with Crippen LogP contribution in [0.5, 0.6) is 5.75 Å². The first-order valence-electron chi connectivity index (χ1n) is 11.1. The average molecular weight is 502 g/mol. The molecule has 0 aliphatic carbocycles. The maximum absolute atomic E-state index is 13.0. The molecule has 0 bridgehead atoms. The third-order valence-corrected chi connectivity index (χ3v) is 5.57. The van der Waals surface area contributed by atoms with Crippen molar-refractivity contribution in [3.8, 4) is 11.8 Å². The number of alkyl halides is 3. The number of benzene rings is 2. The van der Waals surface area contributed by atoms with E-state index in [0.717, 1.165) is 30.2 Å². The van der Waals surface area contributed by atoms with Gasteiger partial charge in [-0.25, -0.2) is 0 Å². The number of carbonyl (C=O) groups excluding carboxylic acids is 2. The van der Waals surface area contributed by atoms with Crippen molar-refractivity contribution in [2.24, 2.45) is 10.3 Å². The van der Waals surface area contributed by atoms with Crippen LogP contribution in [0, 0.1) is 11.3 Å². The smallest absolute Gasteiger partial charge is 0.416 e. The highest BCUT2D eigenvalue weighted by Gasteiger charge is 2.32. The predicted octanol–water partition coefficient (Wildman–Crippen LogP) is 3.44. The van der Waals surface area contributed by atoms with Crippen molar-refractivity contribution in [2.75, 3.05) is 26.7 Å². The van der Waals surface area contributed by atoms with Crippen molar-refractivity contribution in [2.45, 2.75) is 31.6 Å². The number of carbonyl (C=O) groups is 2. The number of methoxy groups -OCH3 is 1. The van der Waals surface area contributed by atoms with Crippen LogP contribution in [-0.2, 0) is 17.4 Å². The van der Waals surface area contributed by atoms with Gasteiger partial charge in [0.2, 0.25) is 5.91 Å². The lowest BCUT2D eigenvalue weighted by atomic mass is 10.0. The Morgan fingerprint density at radius 3 is 2.58 bits per heavy atom. The van der Waals surface area contributed by atoms with Crippen molar-refractivity contribution >= 4 is 11.8 Å². The van der Waals surface area contributed by atoms with E-state index in [1.165, 1.54) is 12.1 Å². The zero-order valence-corrected chi connectivity index (χ0v) is 19.7. The van der Waals surface area contributed by atoms with E-state index in [-0.39, 0.29) is 30.9 Å². The first-order valence-corrected chi connectivity index (χ1v) is 11.1. The summed E-state index contributed by atoms with van der Waals surface area (Å²) in [7, 11) is 1.26. The third-order valence-electron chi connectivity index (χ3n) is 5.57. The molecule has 0 aromatic heterocycles. The van der Waals surface area contributed by atoms with Gasteiger partial charge in [0.15, 0.2) is 6.04 Å². The molecule has 190 valence electrons. The molecule has 0 saturated carbocycles. The normalized spacial score (nSPS) is 15.8. The molecule has 0 fully saturated rings. The topological polar surface area (TPSA) is 119 Å². The molecule has 1 aliphatic rings. The van der Waals surface area contributed by atoms with Crippen molar-refractivity contribution in [3.63, 3.8) is 0 Å². The summed E-state index contributed by atoms with van der Waals surface area (Å²) in [6, 6.07) is 10.4. The van der Waals surface area contributed by atoms with E-state index in [4.69, 9.17) is 4.74 Å². The van der Waals surface area contributed by atoms with E-state index in [0.29, 0.717) is 5.56 Å². The number of nitriles is 1. The lowest BCUT2D eigenvalue weighted by molar-refractivity contribution is -0.137. The SMILES string of the molecule is CCc1ccc(C(C#N)NC(=O)C2CN(CCNC(=O)c3cc(C(F)(F)F)ccc3OC)N=N2)cc1. The van der Waals surface area contributed by atoms with Gasteiger partial charge in [0.05, 0.1) is 37.4 Å². The zero-order valence-electron chi connectivity index (χ0n) is 19.7. The summed E-state index contributed by atoms with van der Waals surface area (Å²) >= 11 is 0. The Bertz CT molecular complexity index is 1160. The first kappa shape index (κ1) is 26.5. The van der Waals surface area contributed by atoms with Crippen LogP contribution in [-0.4, -0.2) is 49.6 Å². The fourth-order valence-corrected chi connectivity index (χ4v) is 3.51.